The number of hydrogen-bond donors (Lipinski definition) is 4. The molecule has 0 heterocycles. The van der Waals surface area contributed by atoms with Crippen molar-refractivity contribution in [3.05, 3.63) is 129 Å². The van der Waals surface area contributed by atoms with Crippen LogP contribution in [0.3, 0.4) is 0 Å². The Kier molecular flexibility index (Phi) is 10.6. The van der Waals surface area contributed by atoms with Gasteiger partial charge in [0.2, 0.25) is 5.91 Å². The van der Waals surface area contributed by atoms with E-state index in [-0.39, 0.29) is 27.9 Å². The Labute approximate surface area is 259 Å². The Balaban J connectivity index is 1.39. The van der Waals surface area contributed by atoms with Crippen LogP contribution >= 0.6 is 39.3 Å². The summed E-state index contributed by atoms with van der Waals surface area (Å²) in [6.45, 7) is 0. The van der Waals surface area contributed by atoms with Gasteiger partial charge in [0.1, 0.15) is 5.70 Å². The monoisotopic (exact) mass is 663 g/mol. The molecule has 0 aliphatic rings. The van der Waals surface area contributed by atoms with Gasteiger partial charge in [0.25, 0.3) is 11.8 Å². The van der Waals surface area contributed by atoms with E-state index in [0.717, 1.165) is 9.37 Å². The molecule has 3 amide bonds. The fourth-order valence-corrected chi connectivity index (χ4v) is 4.97. The number of carbonyl (C=O) groups is 4. The normalized spacial score (nSPS) is 11.0. The number of anilines is 2. The third-order valence-corrected chi connectivity index (χ3v) is 7.49. The second-order valence-electron chi connectivity index (χ2n) is 8.75. The van der Waals surface area contributed by atoms with Gasteiger partial charge in [0.05, 0.1) is 16.3 Å². The maximum Gasteiger partial charge on any atom is 0.337 e. The van der Waals surface area contributed by atoms with Crippen molar-refractivity contribution in [3.63, 3.8) is 0 Å². The first-order chi connectivity index (χ1) is 20.2. The Morgan fingerprint density at radius 3 is 2.24 bits per heavy atom. The van der Waals surface area contributed by atoms with Gasteiger partial charge in [-0.2, -0.15) is 0 Å². The SMILES string of the molecule is O=C(CSc1ccc(NC(=O)/C(=C/c2cccc(Br)c2)NC(=O)c2ccccc2)cc1)Nc1ccc(Cl)c(C(=O)O)c1. The van der Waals surface area contributed by atoms with Gasteiger partial charge < -0.3 is 21.1 Å². The molecule has 0 spiro atoms. The highest BCUT2D eigenvalue weighted by atomic mass is 79.9. The summed E-state index contributed by atoms with van der Waals surface area (Å²) in [5, 5.41) is 17.4. The van der Waals surface area contributed by atoms with Gasteiger partial charge >= 0.3 is 5.97 Å². The summed E-state index contributed by atoms with van der Waals surface area (Å²) < 4.78 is 0.824. The number of carboxylic acids is 1. The fraction of sp³-hybridized carbons (Fsp3) is 0.0323. The van der Waals surface area contributed by atoms with Crippen molar-refractivity contribution in [1.82, 2.24) is 5.32 Å². The van der Waals surface area contributed by atoms with Crippen molar-refractivity contribution in [1.29, 1.82) is 0 Å². The molecular weight excluding hydrogens is 642 g/mol. The molecule has 4 rings (SSSR count). The number of rotatable bonds is 10. The first-order valence-electron chi connectivity index (χ1n) is 12.4. The molecule has 0 saturated carbocycles. The van der Waals surface area contributed by atoms with Crippen LogP contribution < -0.4 is 16.0 Å². The number of aromatic carboxylic acids is 1. The summed E-state index contributed by atoms with van der Waals surface area (Å²) in [5.41, 5.74) is 1.90. The maximum absolute atomic E-state index is 13.2. The third-order valence-electron chi connectivity index (χ3n) is 5.65. The van der Waals surface area contributed by atoms with Gasteiger partial charge in [-0.25, -0.2) is 4.79 Å². The van der Waals surface area contributed by atoms with Crippen LogP contribution in [0, 0.1) is 0 Å². The van der Waals surface area contributed by atoms with E-state index in [1.54, 1.807) is 60.7 Å². The highest BCUT2D eigenvalue weighted by Crippen LogP contribution is 2.23. The van der Waals surface area contributed by atoms with Gasteiger partial charge in [-0.05, 0) is 78.4 Å². The minimum Gasteiger partial charge on any atom is -0.478 e. The van der Waals surface area contributed by atoms with Crippen LogP contribution in [0.25, 0.3) is 6.08 Å². The average molecular weight is 665 g/mol. The fourth-order valence-electron chi connectivity index (χ4n) is 3.65. The van der Waals surface area contributed by atoms with Crippen LogP contribution in [0.15, 0.2) is 112 Å². The Hall–Kier alpha value is -4.38. The molecule has 0 atom stereocenters. The standard InChI is InChI=1S/C31H23BrClN3O5S/c32-21-8-4-5-19(15-21)16-27(36-29(38)20-6-2-1-3-7-20)30(39)35-22-9-12-24(13-10-22)42-18-28(37)34-23-11-14-26(33)25(17-23)31(40)41/h1-17H,18H2,(H,34,37)(H,35,39)(H,36,38)(H,40,41)/b27-16-. The van der Waals surface area contributed by atoms with E-state index in [9.17, 15) is 24.3 Å². The molecule has 0 unspecified atom stereocenters. The van der Waals surface area contributed by atoms with E-state index < -0.39 is 17.8 Å². The molecule has 0 bridgehead atoms. The van der Waals surface area contributed by atoms with E-state index in [1.807, 2.05) is 24.3 Å². The largest absolute Gasteiger partial charge is 0.478 e. The molecule has 0 aromatic heterocycles. The predicted molar refractivity (Wildman–Crippen MR) is 169 cm³/mol. The molecule has 0 radical (unpaired) electrons. The summed E-state index contributed by atoms with van der Waals surface area (Å²) in [4.78, 5) is 50.4. The second kappa shape index (κ2) is 14.5. The van der Waals surface area contributed by atoms with Gasteiger partial charge in [0.15, 0.2) is 0 Å². The topological polar surface area (TPSA) is 125 Å². The highest BCUT2D eigenvalue weighted by molar-refractivity contribution is 9.10. The number of carboxylic acid groups (broad SMARTS) is 1. The minimum atomic E-state index is -1.19. The van der Waals surface area contributed by atoms with E-state index in [0.29, 0.717) is 22.5 Å². The minimum absolute atomic E-state index is 0.0605. The zero-order valence-corrected chi connectivity index (χ0v) is 24.9. The van der Waals surface area contributed by atoms with E-state index in [4.69, 9.17) is 11.6 Å². The zero-order chi connectivity index (χ0) is 30.1. The molecule has 11 heteroatoms. The van der Waals surface area contributed by atoms with E-state index in [2.05, 4.69) is 31.9 Å². The number of halogens is 2. The van der Waals surface area contributed by atoms with Crippen LogP contribution in [-0.4, -0.2) is 34.6 Å². The number of amides is 3. The molecule has 0 saturated heterocycles. The van der Waals surface area contributed by atoms with Crippen LogP contribution in [0.4, 0.5) is 11.4 Å². The van der Waals surface area contributed by atoms with Crippen molar-refractivity contribution in [2.45, 2.75) is 4.90 Å². The van der Waals surface area contributed by atoms with Crippen LogP contribution in [0.5, 0.6) is 0 Å². The first kappa shape index (κ1) is 30.6. The molecule has 0 fully saturated rings. The highest BCUT2D eigenvalue weighted by Gasteiger charge is 2.16. The van der Waals surface area contributed by atoms with Crippen LogP contribution in [-0.2, 0) is 9.59 Å². The number of hydrogen-bond acceptors (Lipinski definition) is 5. The predicted octanol–water partition coefficient (Wildman–Crippen LogP) is 6.94. The van der Waals surface area contributed by atoms with Gasteiger partial charge in [-0.1, -0.05) is 57.9 Å². The van der Waals surface area contributed by atoms with Crippen molar-refractivity contribution in [3.8, 4) is 0 Å². The summed E-state index contributed by atoms with van der Waals surface area (Å²) in [6, 6.07) is 27.0. The molecule has 4 aromatic rings. The van der Waals surface area contributed by atoms with Gasteiger partial charge in [-0.15, -0.1) is 11.8 Å². The molecule has 212 valence electrons. The lowest BCUT2D eigenvalue weighted by atomic mass is 10.1. The molecule has 0 aliphatic carbocycles. The van der Waals surface area contributed by atoms with E-state index >= 15 is 0 Å². The zero-order valence-electron chi connectivity index (χ0n) is 21.8. The smallest absolute Gasteiger partial charge is 0.337 e. The average Bonchev–Trinajstić information content (AvgIpc) is 2.97. The lowest BCUT2D eigenvalue weighted by molar-refractivity contribution is -0.114. The Bertz CT molecular complexity index is 1660. The molecule has 4 aromatic carbocycles. The van der Waals surface area contributed by atoms with Gasteiger partial charge in [-0.3, -0.25) is 14.4 Å². The molecule has 8 nitrogen and oxygen atoms in total. The number of thioether (sulfide) groups is 1. The van der Waals surface area contributed by atoms with Crippen molar-refractivity contribution in [2.24, 2.45) is 0 Å². The number of nitrogens with one attached hydrogen (secondary N) is 3. The molecule has 4 N–H and O–H groups in total. The summed E-state index contributed by atoms with van der Waals surface area (Å²) in [6.07, 6.45) is 1.59. The van der Waals surface area contributed by atoms with E-state index in [1.165, 1.54) is 30.0 Å². The van der Waals surface area contributed by atoms with Crippen LogP contribution in [0.2, 0.25) is 5.02 Å². The Morgan fingerprint density at radius 1 is 0.833 bits per heavy atom. The summed E-state index contributed by atoms with van der Waals surface area (Å²) in [5.74, 6) is -2.38. The third kappa shape index (κ3) is 8.81. The quantitative estimate of drug-likeness (QED) is 0.108. The van der Waals surface area contributed by atoms with Crippen molar-refractivity contribution >= 4 is 80.4 Å². The van der Waals surface area contributed by atoms with Crippen molar-refractivity contribution in [2.75, 3.05) is 16.4 Å². The molecule has 0 aliphatic heterocycles. The van der Waals surface area contributed by atoms with Crippen molar-refractivity contribution < 1.29 is 24.3 Å². The molecular formula is C31H23BrClN3O5S. The number of benzene rings is 4. The Morgan fingerprint density at radius 2 is 1.55 bits per heavy atom. The lowest BCUT2D eigenvalue weighted by Gasteiger charge is -2.12. The van der Waals surface area contributed by atoms with Gasteiger partial charge in [0, 0.05) is 26.3 Å². The number of carbonyl (C=O) groups excluding carboxylic acids is 3. The maximum atomic E-state index is 13.2. The van der Waals surface area contributed by atoms with Crippen LogP contribution in [0.1, 0.15) is 26.3 Å². The second-order valence-corrected chi connectivity index (χ2v) is 11.1. The summed E-state index contributed by atoms with van der Waals surface area (Å²) in [7, 11) is 0. The lowest BCUT2D eigenvalue weighted by Crippen LogP contribution is -2.30. The summed E-state index contributed by atoms with van der Waals surface area (Å²) >= 11 is 10.6. The first-order valence-corrected chi connectivity index (χ1v) is 14.5. The molecule has 42 heavy (non-hydrogen) atoms.